The third kappa shape index (κ3) is 4.95. The van der Waals surface area contributed by atoms with Crippen molar-refractivity contribution in [1.29, 1.82) is 0 Å². The molecule has 1 heterocycles. The number of hydrogen-bond donors (Lipinski definition) is 2. The first-order valence-electron chi connectivity index (χ1n) is 11.0. The van der Waals surface area contributed by atoms with Crippen molar-refractivity contribution in [2.24, 2.45) is 5.92 Å². The third-order valence-electron chi connectivity index (χ3n) is 6.31. The van der Waals surface area contributed by atoms with Crippen molar-refractivity contribution >= 4 is 44.8 Å². The highest BCUT2D eigenvalue weighted by Crippen LogP contribution is 2.33. The lowest BCUT2D eigenvalue weighted by atomic mass is 9.87. The fourth-order valence-electron chi connectivity index (χ4n) is 4.48. The minimum atomic E-state index is -1.05. The zero-order valence-electron chi connectivity index (χ0n) is 17.8. The highest BCUT2D eigenvalue weighted by Gasteiger charge is 2.37. The zero-order chi connectivity index (χ0) is 22.8. The monoisotopic (exact) mass is 505 g/mol. The van der Waals surface area contributed by atoms with Crippen LogP contribution in [0.2, 0.25) is 0 Å². The van der Waals surface area contributed by atoms with Gasteiger partial charge < -0.3 is 10.6 Å². The van der Waals surface area contributed by atoms with Crippen LogP contribution in [0.15, 0.2) is 40.9 Å². The molecular weight excluding hydrogens is 480 g/mol. The summed E-state index contributed by atoms with van der Waals surface area (Å²) in [6.45, 7) is 2.27. The smallest absolute Gasteiger partial charge is 0.247 e. The summed E-state index contributed by atoms with van der Waals surface area (Å²) >= 11 is 3.45. The second-order valence-corrected chi connectivity index (χ2v) is 9.61. The van der Waals surface area contributed by atoms with Crippen molar-refractivity contribution in [2.45, 2.75) is 57.5 Å². The maximum Gasteiger partial charge on any atom is 0.247 e. The van der Waals surface area contributed by atoms with Crippen molar-refractivity contribution in [1.82, 2.24) is 0 Å². The molecule has 1 atom stereocenters. The van der Waals surface area contributed by atoms with Gasteiger partial charge in [-0.05, 0) is 68.4 Å². The Balaban J connectivity index is 1.53. The van der Waals surface area contributed by atoms with E-state index in [2.05, 4.69) is 33.5 Å². The number of rotatable bonds is 5. The molecule has 0 unspecified atom stereocenters. The normalized spacial score (nSPS) is 23.3. The van der Waals surface area contributed by atoms with Gasteiger partial charge in [-0.1, -0.05) is 22.9 Å². The number of nitrogens with one attached hydrogen (secondary N) is 2. The molecule has 5 nitrogen and oxygen atoms in total. The average Bonchev–Trinajstić information content (AvgIpc) is 3.15. The molecule has 4 rings (SSSR count). The van der Waals surface area contributed by atoms with Crippen molar-refractivity contribution in [3.05, 3.63) is 52.5 Å². The molecule has 0 spiro atoms. The number of carbonyl (C=O) groups excluding carboxylic acids is 2. The van der Waals surface area contributed by atoms with Crippen LogP contribution < -0.4 is 15.5 Å². The Labute approximate surface area is 194 Å². The van der Waals surface area contributed by atoms with Gasteiger partial charge >= 0.3 is 0 Å². The van der Waals surface area contributed by atoms with Gasteiger partial charge in [-0.15, -0.1) is 0 Å². The van der Waals surface area contributed by atoms with Gasteiger partial charge in [-0.2, -0.15) is 0 Å². The lowest BCUT2D eigenvalue weighted by Crippen LogP contribution is -2.42. The highest BCUT2D eigenvalue weighted by atomic mass is 79.9. The first-order valence-corrected chi connectivity index (χ1v) is 11.7. The van der Waals surface area contributed by atoms with Crippen LogP contribution in [-0.2, 0) is 9.59 Å². The molecule has 1 aliphatic carbocycles. The Morgan fingerprint density at radius 3 is 2.47 bits per heavy atom. The van der Waals surface area contributed by atoms with E-state index < -0.39 is 17.7 Å². The number of benzene rings is 2. The van der Waals surface area contributed by atoms with E-state index in [9.17, 15) is 18.4 Å². The molecule has 2 aromatic carbocycles. The number of anilines is 3. The lowest BCUT2D eigenvalue weighted by Gasteiger charge is -2.29. The van der Waals surface area contributed by atoms with E-state index in [-0.39, 0.29) is 23.9 Å². The molecule has 1 saturated heterocycles. The van der Waals surface area contributed by atoms with Crippen molar-refractivity contribution in [3.8, 4) is 0 Å². The zero-order valence-corrected chi connectivity index (χ0v) is 19.4. The van der Waals surface area contributed by atoms with Crippen LogP contribution in [0.1, 0.15) is 45.4 Å². The van der Waals surface area contributed by atoms with Crippen LogP contribution in [0.4, 0.5) is 25.8 Å². The van der Waals surface area contributed by atoms with Crippen molar-refractivity contribution in [2.75, 3.05) is 15.5 Å². The number of nitrogens with zero attached hydrogens (tertiary/aromatic N) is 1. The molecule has 1 saturated carbocycles. The van der Waals surface area contributed by atoms with Crippen molar-refractivity contribution in [3.63, 3.8) is 0 Å². The lowest BCUT2D eigenvalue weighted by molar-refractivity contribution is -0.120. The molecule has 32 heavy (non-hydrogen) atoms. The van der Waals surface area contributed by atoms with Crippen LogP contribution in [0.5, 0.6) is 0 Å². The van der Waals surface area contributed by atoms with E-state index >= 15 is 0 Å². The standard InChI is InChI=1S/C24H26BrF2N3O2/c1-14-2-5-16(6-3-14)28-20-9-4-15(25)12-21(20)29-24(32)22-10-11-23(31)30(22)17-7-8-18(26)19(27)13-17/h4,7-9,12-14,16,22,28H,2-3,5-6,10-11H2,1H3,(H,29,32)/t14?,16?,22-/m0/s1. The van der Waals surface area contributed by atoms with E-state index in [1.165, 1.54) is 23.8 Å². The Kier molecular flexibility index (Phi) is 6.79. The van der Waals surface area contributed by atoms with Crippen LogP contribution in [0, 0.1) is 17.6 Å². The fraction of sp³-hybridized carbons (Fsp3) is 0.417. The molecule has 0 aromatic heterocycles. The van der Waals surface area contributed by atoms with E-state index in [0.717, 1.165) is 41.1 Å². The third-order valence-corrected chi connectivity index (χ3v) is 6.80. The summed E-state index contributed by atoms with van der Waals surface area (Å²) < 4.78 is 27.9. The van der Waals surface area contributed by atoms with Gasteiger partial charge in [0.1, 0.15) is 6.04 Å². The summed E-state index contributed by atoms with van der Waals surface area (Å²) in [5.41, 5.74) is 1.62. The summed E-state index contributed by atoms with van der Waals surface area (Å²) in [6.07, 6.45) is 4.96. The SMILES string of the molecule is CC1CCC(Nc2ccc(Br)cc2NC(=O)[C@@H]2CCC(=O)N2c2ccc(F)c(F)c2)CC1. The van der Waals surface area contributed by atoms with Gasteiger partial charge in [-0.3, -0.25) is 14.5 Å². The molecule has 8 heteroatoms. The number of amides is 2. The van der Waals surface area contributed by atoms with Crippen LogP contribution in [-0.4, -0.2) is 23.9 Å². The molecule has 170 valence electrons. The van der Waals surface area contributed by atoms with E-state index in [0.29, 0.717) is 18.2 Å². The second-order valence-electron chi connectivity index (χ2n) is 8.70. The minimum Gasteiger partial charge on any atom is -0.381 e. The number of carbonyl (C=O) groups is 2. The Hall–Kier alpha value is -2.48. The van der Waals surface area contributed by atoms with E-state index in [4.69, 9.17) is 0 Å². The van der Waals surface area contributed by atoms with Crippen LogP contribution >= 0.6 is 15.9 Å². The van der Waals surface area contributed by atoms with Gasteiger partial charge in [0, 0.05) is 28.7 Å². The van der Waals surface area contributed by atoms with Crippen LogP contribution in [0.3, 0.4) is 0 Å². The second kappa shape index (κ2) is 9.57. The van der Waals surface area contributed by atoms with Gasteiger partial charge in [-0.25, -0.2) is 8.78 Å². The quantitative estimate of drug-likeness (QED) is 0.535. The molecule has 1 aliphatic heterocycles. The van der Waals surface area contributed by atoms with Crippen LogP contribution in [0.25, 0.3) is 0 Å². The maximum atomic E-state index is 13.8. The molecule has 2 aliphatic rings. The van der Waals surface area contributed by atoms with Gasteiger partial charge in [0.2, 0.25) is 11.8 Å². The molecule has 0 bridgehead atoms. The first kappa shape index (κ1) is 22.7. The maximum absolute atomic E-state index is 13.8. The summed E-state index contributed by atoms with van der Waals surface area (Å²) in [4.78, 5) is 26.9. The Morgan fingerprint density at radius 2 is 1.75 bits per heavy atom. The molecule has 2 fully saturated rings. The van der Waals surface area contributed by atoms with E-state index in [1.807, 2.05) is 18.2 Å². The van der Waals surface area contributed by atoms with Gasteiger partial charge in [0.25, 0.3) is 0 Å². The molecule has 2 aromatic rings. The summed E-state index contributed by atoms with van der Waals surface area (Å²) in [5, 5.41) is 6.50. The predicted molar refractivity (Wildman–Crippen MR) is 125 cm³/mol. The summed E-state index contributed by atoms with van der Waals surface area (Å²) in [5.74, 6) is -1.97. The predicted octanol–water partition coefficient (Wildman–Crippen LogP) is 5.85. The molecule has 2 amide bonds. The van der Waals surface area contributed by atoms with Gasteiger partial charge in [0.15, 0.2) is 11.6 Å². The minimum absolute atomic E-state index is 0.168. The Bertz CT molecular complexity index is 1020. The number of halogens is 3. The summed E-state index contributed by atoms with van der Waals surface area (Å²) in [7, 11) is 0. The Morgan fingerprint density at radius 1 is 1.00 bits per heavy atom. The molecular formula is C24H26BrF2N3O2. The molecule has 0 radical (unpaired) electrons. The topological polar surface area (TPSA) is 61.4 Å². The largest absolute Gasteiger partial charge is 0.381 e. The van der Waals surface area contributed by atoms with Gasteiger partial charge in [0.05, 0.1) is 11.4 Å². The first-order chi connectivity index (χ1) is 15.3. The summed E-state index contributed by atoms with van der Waals surface area (Å²) in [6, 6.07) is 8.44. The highest BCUT2D eigenvalue weighted by molar-refractivity contribution is 9.10. The van der Waals surface area contributed by atoms with E-state index in [1.54, 1.807) is 0 Å². The fourth-order valence-corrected chi connectivity index (χ4v) is 4.84. The van der Waals surface area contributed by atoms with Crippen molar-refractivity contribution < 1.29 is 18.4 Å². The molecule has 2 N–H and O–H groups in total. The number of hydrogen-bond acceptors (Lipinski definition) is 3. The average molecular weight is 506 g/mol.